The minimum atomic E-state index is -2.99. The van der Waals surface area contributed by atoms with Crippen LogP contribution in [0.2, 0.25) is 0 Å². The highest BCUT2D eigenvalue weighted by Gasteiger charge is 2.41. The Hall–Kier alpha value is -1.46. The standard InChI is InChI=1S/C16H21F4NO/c1-12(22-15(19)20)14(5-4-13(18)10-17)21-9-8-16(11-21)6-2-3-7-16/h4-5,15H,1-3,6-11H2/b13-4+,14-5+. The number of nitrogens with zero attached hydrogens (tertiary/aromatic N) is 1. The van der Waals surface area contributed by atoms with Gasteiger partial charge in [0.1, 0.15) is 18.3 Å². The lowest BCUT2D eigenvalue weighted by Crippen LogP contribution is -2.26. The molecule has 2 aliphatic rings. The molecule has 1 aliphatic heterocycles. The topological polar surface area (TPSA) is 12.5 Å². The molecule has 2 rings (SSSR count). The lowest BCUT2D eigenvalue weighted by Gasteiger charge is -2.27. The normalized spacial score (nSPS) is 22.0. The summed E-state index contributed by atoms with van der Waals surface area (Å²) in [6.07, 6.45) is 7.78. The molecule has 1 spiro atoms. The van der Waals surface area contributed by atoms with Crippen LogP contribution in [0.15, 0.2) is 36.0 Å². The maximum atomic E-state index is 13.0. The molecule has 0 N–H and O–H groups in total. The fourth-order valence-electron chi connectivity index (χ4n) is 3.43. The molecule has 1 heterocycles. The number of rotatable bonds is 6. The summed E-state index contributed by atoms with van der Waals surface area (Å²) < 4.78 is 54.4. The predicted molar refractivity (Wildman–Crippen MR) is 76.6 cm³/mol. The van der Waals surface area contributed by atoms with Gasteiger partial charge in [-0.1, -0.05) is 19.4 Å². The first-order chi connectivity index (χ1) is 10.5. The van der Waals surface area contributed by atoms with Crippen molar-refractivity contribution < 1.29 is 22.3 Å². The van der Waals surface area contributed by atoms with Gasteiger partial charge in [0.2, 0.25) is 0 Å². The Morgan fingerprint density at radius 1 is 1.23 bits per heavy atom. The molecule has 124 valence electrons. The molecular weight excluding hydrogens is 298 g/mol. The van der Waals surface area contributed by atoms with E-state index >= 15 is 0 Å². The van der Waals surface area contributed by atoms with Gasteiger partial charge in [-0.05, 0) is 36.8 Å². The molecule has 0 bridgehead atoms. The zero-order chi connectivity index (χ0) is 16.2. The zero-order valence-corrected chi connectivity index (χ0v) is 12.5. The van der Waals surface area contributed by atoms with Crippen LogP contribution in [0.3, 0.4) is 0 Å². The third-order valence-corrected chi connectivity index (χ3v) is 4.51. The van der Waals surface area contributed by atoms with E-state index in [-0.39, 0.29) is 11.2 Å². The number of ether oxygens (including phenoxy) is 1. The van der Waals surface area contributed by atoms with Crippen molar-refractivity contribution in [3.63, 3.8) is 0 Å². The van der Waals surface area contributed by atoms with Gasteiger partial charge in [0.15, 0.2) is 0 Å². The van der Waals surface area contributed by atoms with E-state index in [1.165, 1.54) is 18.9 Å². The highest BCUT2D eigenvalue weighted by Crippen LogP contribution is 2.46. The summed E-state index contributed by atoms with van der Waals surface area (Å²) in [5.41, 5.74) is 0.514. The molecule has 1 aliphatic carbocycles. The van der Waals surface area contributed by atoms with E-state index < -0.39 is 19.1 Å². The van der Waals surface area contributed by atoms with Crippen LogP contribution in [-0.4, -0.2) is 31.3 Å². The monoisotopic (exact) mass is 319 g/mol. The summed E-state index contributed by atoms with van der Waals surface area (Å²) in [6.45, 7) is 0.684. The second-order valence-corrected chi connectivity index (χ2v) is 5.98. The van der Waals surface area contributed by atoms with E-state index in [1.807, 2.05) is 4.90 Å². The fraction of sp³-hybridized carbons (Fsp3) is 0.625. The second kappa shape index (κ2) is 7.20. The van der Waals surface area contributed by atoms with E-state index in [0.29, 0.717) is 12.2 Å². The Bertz CT molecular complexity index is 467. The van der Waals surface area contributed by atoms with E-state index in [9.17, 15) is 17.6 Å². The number of allylic oxidation sites excluding steroid dienone is 3. The Balaban J connectivity index is 2.15. The molecule has 0 aromatic heterocycles. The number of hydrogen-bond acceptors (Lipinski definition) is 2. The lowest BCUT2D eigenvalue weighted by molar-refractivity contribution is -0.0950. The van der Waals surface area contributed by atoms with E-state index in [4.69, 9.17) is 0 Å². The summed E-state index contributed by atoms with van der Waals surface area (Å²) >= 11 is 0. The molecule has 0 unspecified atom stereocenters. The molecule has 1 saturated heterocycles. The van der Waals surface area contributed by atoms with Crippen LogP contribution in [0.4, 0.5) is 17.6 Å². The van der Waals surface area contributed by atoms with Crippen LogP contribution in [0, 0.1) is 5.41 Å². The summed E-state index contributed by atoms with van der Waals surface area (Å²) in [6, 6.07) is 0. The van der Waals surface area contributed by atoms with Crippen molar-refractivity contribution in [3.05, 3.63) is 36.0 Å². The number of halogens is 4. The van der Waals surface area contributed by atoms with Crippen molar-refractivity contribution >= 4 is 0 Å². The number of alkyl halides is 3. The van der Waals surface area contributed by atoms with Crippen molar-refractivity contribution in [1.29, 1.82) is 0 Å². The second-order valence-electron chi connectivity index (χ2n) is 5.98. The van der Waals surface area contributed by atoms with Gasteiger partial charge in [-0.25, -0.2) is 8.78 Å². The molecule has 1 saturated carbocycles. The van der Waals surface area contributed by atoms with Crippen LogP contribution < -0.4 is 0 Å². The smallest absolute Gasteiger partial charge is 0.387 e. The molecule has 0 atom stereocenters. The average Bonchev–Trinajstić information content (AvgIpc) is 3.09. The number of likely N-dealkylation sites (tertiary alicyclic amines) is 1. The Morgan fingerprint density at radius 2 is 1.91 bits per heavy atom. The fourth-order valence-corrected chi connectivity index (χ4v) is 3.43. The van der Waals surface area contributed by atoms with Crippen molar-refractivity contribution in [3.8, 4) is 0 Å². The molecule has 0 aromatic rings. The van der Waals surface area contributed by atoms with Crippen molar-refractivity contribution in [1.82, 2.24) is 4.90 Å². The van der Waals surface area contributed by atoms with E-state index in [2.05, 4.69) is 11.3 Å². The molecule has 0 radical (unpaired) electrons. The quantitative estimate of drug-likeness (QED) is 0.399. The van der Waals surface area contributed by atoms with Crippen LogP contribution in [-0.2, 0) is 4.74 Å². The summed E-state index contributed by atoms with van der Waals surface area (Å²) in [5.74, 6) is -1.18. The summed E-state index contributed by atoms with van der Waals surface area (Å²) in [5, 5.41) is 0. The van der Waals surface area contributed by atoms with Gasteiger partial charge in [-0.15, -0.1) is 0 Å². The minimum Gasteiger partial charge on any atom is -0.433 e. The van der Waals surface area contributed by atoms with Crippen LogP contribution in [0.1, 0.15) is 32.1 Å². The first-order valence-electron chi connectivity index (χ1n) is 7.47. The first-order valence-corrected chi connectivity index (χ1v) is 7.47. The highest BCUT2D eigenvalue weighted by molar-refractivity contribution is 5.28. The van der Waals surface area contributed by atoms with Crippen molar-refractivity contribution in [2.24, 2.45) is 5.41 Å². The van der Waals surface area contributed by atoms with Gasteiger partial charge in [0.05, 0.1) is 5.70 Å². The lowest BCUT2D eigenvalue weighted by atomic mass is 9.86. The molecule has 2 nitrogen and oxygen atoms in total. The molecule has 2 fully saturated rings. The van der Waals surface area contributed by atoms with Gasteiger partial charge in [-0.3, -0.25) is 0 Å². The van der Waals surface area contributed by atoms with Gasteiger partial charge in [0, 0.05) is 13.1 Å². The predicted octanol–water partition coefficient (Wildman–Crippen LogP) is 4.71. The number of hydrogen-bond donors (Lipinski definition) is 0. The van der Waals surface area contributed by atoms with Gasteiger partial charge < -0.3 is 9.64 Å². The Kier molecular flexibility index (Phi) is 5.53. The van der Waals surface area contributed by atoms with Gasteiger partial charge in [0.25, 0.3) is 0 Å². The van der Waals surface area contributed by atoms with Crippen LogP contribution in [0.25, 0.3) is 0 Å². The third-order valence-electron chi connectivity index (χ3n) is 4.51. The zero-order valence-electron chi connectivity index (χ0n) is 12.5. The Labute approximate surface area is 128 Å². The largest absolute Gasteiger partial charge is 0.433 e. The molecule has 22 heavy (non-hydrogen) atoms. The average molecular weight is 319 g/mol. The van der Waals surface area contributed by atoms with Crippen molar-refractivity contribution in [2.75, 3.05) is 19.8 Å². The molecule has 0 aromatic carbocycles. The maximum absolute atomic E-state index is 13.0. The summed E-state index contributed by atoms with van der Waals surface area (Å²) in [7, 11) is 0. The molecule has 0 amide bonds. The third kappa shape index (κ3) is 4.05. The SMILES string of the molecule is C=C(OC(F)F)/C(=C\C=C(\F)CF)N1CCC2(CCCC2)C1. The van der Waals surface area contributed by atoms with E-state index in [0.717, 1.165) is 31.9 Å². The van der Waals surface area contributed by atoms with Crippen molar-refractivity contribution in [2.45, 2.75) is 38.7 Å². The van der Waals surface area contributed by atoms with Crippen LogP contribution >= 0.6 is 0 Å². The van der Waals surface area contributed by atoms with Gasteiger partial charge in [-0.2, -0.15) is 8.78 Å². The summed E-state index contributed by atoms with van der Waals surface area (Å²) in [4.78, 5) is 1.89. The minimum absolute atomic E-state index is 0.215. The first kappa shape index (κ1) is 16.9. The van der Waals surface area contributed by atoms with Gasteiger partial charge >= 0.3 is 6.61 Å². The molecule has 6 heteroatoms. The van der Waals surface area contributed by atoms with E-state index in [1.54, 1.807) is 0 Å². The highest BCUT2D eigenvalue weighted by atomic mass is 19.3. The van der Waals surface area contributed by atoms with Crippen LogP contribution in [0.5, 0.6) is 0 Å². The molecular formula is C16H21F4NO. The Morgan fingerprint density at radius 3 is 2.50 bits per heavy atom. The maximum Gasteiger partial charge on any atom is 0.387 e.